The van der Waals surface area contributed by atoms with Crippen LogP contribution in [0.5, 0.6) is 0 Å². The summed E-state index contributed by atoms with van der Waals surface area (Å²) in [5, 5.41) is 2.11. The third kappa shape index (κ3) is 2.06. The molecule has 0 bridgehead atoms. The van der Waals surface area contributed by atoms with Gasteiger partial charge in [0.15, 0.2) is 0 Å². The monoisotopic (exact) mass is 215 g/mol. The van der Waals surface area contributed by atoms with Gasteiger partial charge in [-0.25, -0.2) is 0 Å². The van der Waals surface area contributed by atoms with Crippen molar-refractivity contribution in [1.29, 1.82) is 0 Å². The molecule has 1 atom stereocenters. The molecule has 1 saturated carbocycles. The average molecular weight is 216 g/mol. The molecule has 3 heteroatoms. The van der Waals surface area contributed by atoms with Crippen molar-refractivity contribution < 1.29 is 0 Å². The highest BCUT2D eigenvalue weighted by Crippen LogP contribution is 2.48. The van der Waals surface area contributed by atoms with E-state index in [1.165, 1.54) is 18.4 Å². The largest absolute Gasteiger partial charge is 0.327 e. The molecule has 0 spiro atoms. The predicted octanol–water partition coefficient (Wildman–Crippen LogP) is 3.07. The molecule has 0 aromatic carbocycles. The van der Waals surface area contributed by atoms with Crippen LogP contribution in [0.4, 0.5) is 0 Å². The number of hydrogen-bond donors (Lipinski definition) is 1. The fourth-order valence-electron chi connectivity index (χ4n) is 1.52. The standard InChI is InChI=1S/C10H14ClNS/c1-10(2-3-10)8(12)4-7-5-9(11)13-6-7/h5-6,8H,2-4,12H2,1H3. The van der Waals surface area contributed by atoms with E-state index in [1.807, 2.05) is 6.07 Å². The van der Waals surface area contributed by atoms with Crippen LogP contribution in [0.1, 0.15) is 25.3 Å². The lowest BCUT2D eigenvalue weighted by Gasteiger charge is -2.17. The molecule has 1 nitrogen and oxygen atoms in total. The molecule has 0 radical (unpaired) electrons. The molecule has 0 amide bonds. The van der Waals surface area contributed by atoms with Crippen LogP contribution in [-0.4, -0.2) is 6.04 Å². The van der Waals surface area contributed by atoms with Crippen LogP contribution in [0.25, 0.3) is 0 Å². The Morgan fingerprint density at radius 3 is 2.85 bits per heavy atom. The molecule has 13 heavy (non-hydrogen) atoms. The van der Waals surface area contributed by atoms with E-state index in [1.54, 1.807) is 11.3 Å². The fourth-order valence-corrected chi connectivity index (χ4v) is 2.44. The van der Waals surface area contributed by atoms with Gasteiger partial charge in [-0.3, -0.25) is 0 Å². The normalized spacial score (nSPS) is 21.5. The molecule has 1 fully saturated rings. The number of hydrogen-bond acceptors (Lipinski definition) is 2. The van der Waals surface area contributed by atoms with Gasteiger partial charge in [-0.1, -0.05) is 18.5 Å². The van der Waals surface area contributed by atoms with Gasteiger partial charge >= 0.3 is 0 Å². The van der Waals surface area contributed by atoms with E-state index in [0.717, 1.165) is 10.8 Å². The number of rotatable bonds is 3. The van der Waals surface area contributed by atoms with E-state index < -0.39 is 0 Å². The first kappa shape index (κ1) is 9.50. The first-order valence-electron chi connectivity index (χ1n) is 4.59. The highest BCUT2D eigenvalue weighted by molar-refractivity contribution is 7.14. The second-order valence-corrected chi connectivity index (χ2v) is 5.77. The summed E-state index contributed by atoms with van der Waals surface area (Å²) in [6.07, 6.45) is 3.54. The Bertz CT molecular complexity index is 304. The van der Waals surface area contributed by atoms with E-state index >= 15 is 0 Å². The zero-order chi connectivity index (χ0) is 9.47. The Labute approximate surface area is 87.9 Å². The second kappa shape index (κ2) is 3.26. The first-order valence-corrected chi connectivity index (χ1v) is 5.84. The zero-order valence-corrected chi connectivity index (χ0v) is 9.29. The predicted molar refractivity (Wildman–Crippen MR) is 58.3 cm³/mol. The van der Waals surface area contributed by atoms with Crippen molar-refractivity contribution in [3.05, 3.63) is 21.3 Å². The van der Waals surface area contributed by atoms with Crippen molar-refractivity contribution in [3.63, 3.8) is 0 Å². The molecular formula is C10H14ClNS. The summed E-state index contributed by atoms with van der Waals surface area (Å²) in [4.78, 5) is 0. The van der Waals surface area contributed by atoms with Gasteiger partial charge in [0.1, 0.15) is 0 Å². The molecular weight excluding hydrogens is 202 g/mol. The van der Waals surface area contributed by atoms with Crippen LogP contribution in [0, 0.1) is 5.41 Å². The molecule has 1 aromatic heterocycles. The van der Waals surface area contributed by atoms with Gasteiger partial charge in [0.2, 0.25) is 0 Å². The highest BCUT2D eigenvalue weighted by Gasteiger charge is 2.42. The van der Waals surface area contributed by atoms with Crippen LogP contribution in [0.3, 0.4) is 0 Å². The van der Waals surface area contributed by atoms with Gasteiger partial charge in [-0.05, 0) is 41.7 Å². The molecule has 1 heterocycles. The lowest BCUT2D eigenvalue weighted by Crippen LogP contribution is -2.31. The topological polar surface area (TPSA) is 26.0 Å². The second-order valence-electron chi connectivity index (χ2n) is 4.22. The summed E-state index contributed by atoms with van der Waals surface area (Å²) in [6, 6.07) is 2.33. The molecule has 1 aromatic rings. The van der Waals surface area contributed by atoms with Gasteiger partial charge in [0.05, 0.1) is 4.34 Å². The zero-order valence-electron chi connectivity index (χ0n) is 7.72. The summed E-state index contributed by atoms with van der Waals surface area (Å²) in [6.45, 7) is 2.27. The lowest BCUT2D eigenvalue weighted by molar-refractivity contribution is 0.433. The molecule has 2 N–H and O–H groups in total. The minimum absolute atomic E-state index is 0.304. The van der Waals surface area contributed by atoms with Crippen LogP contribution in [-0.2, 0) is 6.42 Å². The third-order valence-electron chi connectivity index (χ3n) is 3.01. The summed E-state index contributed by atoms with van der Waals surface area (Å²) >= 11 is 7.44. The maximum Gasteiger partial charge on any atom is 0.0931 e. The minimum atomic E-state index is 0.304. The minimum Gasteiger partial charge on any atom is -0.327 e. The van der Waals surface area contributed by atoms with Gasteiger partial charge in [0, 0.05) is 6.04 Å². The molecule has 0 saturated heterocycles. The van der Waals surface area contributed by atoms with Crippen LogP contribution in [0.15, 0.2) is 11.4 Å². The third-order valence-corrected chi connectivity index (χ3v) is 4.15. The van der Waals surface area contributed by atoms with Gasteiger partial charge in [0.25, 0.3) is 0 Å². The molecule has 0 aliphatic heterocycles. The Kier molecular flexibility index (Phi) is 2.39. The van der Waals surface area contributed by atoms with Crippen LogP contribution in [0.2, 0.25) is 4.34 Å². The first-order chi connectivity index (χ1) is 6.10. The Hall–Kier alpha value is -0.0500. The molecule has 2 rings (SSSR count). The van der Waals surface area contributed by atoms with Crippen molar-refractivity contribution >= 4 is 22.9 Å². The number of nitrogens with two attached hydrogens (primary N) is 1. The van der Waals surface area contributed by atoms with E-state index in [4.69, 9.17) is 17.3 Å². The summed E-state index contributed by atoms with van der Waals surface area (Å²) in [7, 11) is 0. The van der Waals surface area contributed by atoms with Crippen molar-refractivity contribution in [2.24, 2.45) is 11.1 Å². The number of halogens is 1. The Balaban J connectivity index is 1.98. The SMILES string of the molecule is CC1(C(N)Cc2csc(Cl)c2)CC1. The van der Waals surface area contributed by atoms with E-state index in [2.05, 4.69) is 12.3 Å². The smallest absolute Gasteiger partial charge is 0.0931 e. The van der Waals surface area contributed by atoms with Crippen molar-refractivity contribution in [2.75, 3.05) is 0 Å². The van der Waals surface area contributed by atoms with Crippen LogP contribution >= 0.6 is 22.9 Å². The van der Waals surface area contributed by atoms with Crippen molar-refractivity contribution in [1.82, 2.24) is 0 Å². The van der Waals surface area contributed by atoms with Gasteiger partial charge in [-0.15, -0.1) is 11.3 Å². The Morgan fingerprint density at radius 1 is 1.69 bits per heavy atom. The molecule has 1 aliphatic rings. The van der Waals surface area contributed by atoms with Gasteiger partial charge < -0.3 is 5.73 Å². The Morgan fingerprint density at radius 2 is 2.38 bits per heavy atom. The summed E-state index contributed by atoms with van der Waals surface area (Å²) < 4.78 is 0.864. The van der Waals surface area contributed by atoms with E-state index in [9.17, 15) is 0 Å². The summed E-state index contributed by atoms with van der Waals surface area (Å²) in [5.41, 5.74) is 7.81. The van der Waals surface area contributed by atoms with E-state index in [-0.39, 0.29) is 0 Å². The van der Waals surface area contributed by atoms with Crippen molar-refractivity contribution in [2.45, 2.75) is 32.2 Å². The fraction of sp³-hybridized carbons (Fsp3) is 0.600. The molecule has 1 aliphatic carbocycles. The van der Waals surface area contributed by atoms with Gasteiger partial charge in [-0.2, -0.15) is 0 Å². The average Bonchev–Trinajstić information content (AvgIpc) is 2.69. The molecule has 72 valence electrons. The molecule has 1 unspecified atom stereocenters. The maximum atomic E-state index is 6.12. The number of thiophene rings is 1. The highest BCUT2D eigenvalue weighted by atomic mass is 35.5. The maximum absolute atomic E-state index is 6.12. The van der Waals surface area contributed by atoms with E-state index in [0.29, 0.717) is 11.5 Å². The summed E-state index contributed by atoms with van der Waals surface area (Å²) in [5.74, 6) is 0. The van der Waals surface area contributed by atoms with Crippen molar-refractivity contribution in [3.8, 4) is 0 Å². The lowest BCUT2D eigenvalue weighted by atomic mass is 9.94. The van der Waals surface area contributed by atoms with Crippen LogP contribution < -0.4 is 5.73 Å². The quantitative estimate of drug-likeness (QED) is 0.824.